The van der Waals surface area contributed by atoms with Gasteiger partial charge in [0, 0.05) is 45.0 Å². The average molecular weight is 342 g/mol. The molecule has 0 aromatic carbocycles. The molecule has 25 heavy (non-hydrogen) atoms. The molecule has 0 spiro atoms. The predicted octanol–water partition coefficient (Wildman–Crippen LogP) is 2.52. The van der Waals surface area contributed by atoms with Crippen LogP contribution >= 0.6 is 0 Å². The zero-order valence-corrected chi connectivity index (χ0v) is 15.7. The van der Waals surface area contributed by atoms with Crippen molar-refractivity contribution in [1.29, 1.82) is 5.26 Å². The van der Waals surface area contributed by atoms with Crippen molar-refractivity contribution in [2.45, 2.75) is 39.5 Å². The lowest BCUT2D eigenvalue weighted by Gasteiger charge is -2.35. The van der Waals surface area contributed by atoms with Gasteiger partial charge in [-0.25, -0.2) is 4.98 Å². The second kappa shape index (κ2) is 8.64. The van der Waals surface area contributed by atoms with Crippen LogP contribution in [0.1, 0.15) is 43.5 Å². The summed E-state index contributed by atoms with van der Waals surface area (Å²) in [5.74, 6) is 1.32. The third-order valence-corrected chi connectivity index (χ3v) is 5.52. The quantitative estimate of drug-likeness (QED) is 0.862. The van der Waals surface area contributed by atoms with Crippen LogP contribution in [0.15, 0.2) is 6.07 Å². The van der Waals surface area contributed by atoms with Crippen molar-refractivity contribution in [3.63, 3.8) is 0 Å². The van der Waals surface area contributed by atoms with Crippen molar-refractivity contribution in [2.75, 3.05) is 51.1 Å². The Morgan fingerprint density at radius 2 is 1.92 bits per heavy atom. The fourth-order valence-corrected chi connectivity index (χ4v) is 3.92. The first-order chi connectivity index (χ1) is 12.2. The van der Waals surface area contributed by atoms with Crippen LogP contribution in [0.25, 0.3) is 0 Å². The van der Waals surface area contributed by atoms with Crippen LogP contribution in [0.4, 0.5) is 5.82 Å². The van der Waals surface area contributed by atoms with Crippen molar-refractivity contribution < 1.29 is 0 Å². The second-order valence-electron chi connectivity index (χ2n) is 7.53. The molecule has 1 aliphatic carbocycles. The third-order valence-electron chi connectivity index (χ3n) is 5.52. The van der Waals surface area contributed by atoms with E-state index in [0.29, 0.717) is 11.5 Å². The molecule has 3 rings (SSSR count). The van der Waals surface area contributed by atoms with Gasteiger partial charge in [-0.3, -0.25) is 0 Å². The Labute approximate surface area is 152 Å². The number of piperazine rings is 1. The highest BCUT2D eigenvalue weighted by atomic mass is 15.3. The Balaban J connectivity index is 1.53. The molecule has 1 atom stereocenters. The molecule has 5 heteroatoms. The van der Waals surface area contributed by atoms with Crippen LogP contribution in [0.3, 0.4) is 0 Å². The van der Waals surface area contributed by atoms with E-state index in [2.05, 4.69) is 41.1 Å². The Bertz CT molecular complexity index is 613. The van der Waals surface area contributed by atoms with E-state index in [-0.39, 0.29) is 0 Å². The van der Waals surface area contributed by atoms with Gasteiger partial charge in [0.15, 0.2) is 0 Å². The highest BCUT2D eigenvalue weighted by Crippen LogP contribution is 2.24. The van der Waals surface area contributed by atoms with E-state index in [1.165, 1.54) is 50.3 Å². The zero-order valence-electron chi connectivity index (χ0n) is 15.7. The van der Waals surface area contributed by atoms with Crippen LogP contribution in [0.5, 0.6) is 0 Å². The van der Waals surface area contributed by atoms with Gasteiger partial charge in [0.1, 0.15) is 11.9 Å². The molecule has 0 bridgehead atoms. The molecule has 1 saturated heterocycles. The number of pyridine rings is 1. The summed E-state index contributed by atoms with van der Waals surface area (Å²) in [6.45, 7) is 12.3. The van der Waals surface area contributed by atoms with Crippen LogP contribution in [-0.2, 0) is 12.8 Å². The molecular weight excluding hydrogens is 310 g/mol. The SMILES string of the molecule is CCN1CCN(C[C@@H](C)CNc2nc3c(cc2C#N)CCCC3)CC1. The second-order valence-corrected chi connectivity index (χ2v) is 7.53. The molecule has 0 amide bonds. The van der Waals surface area contributed by atoms with Crippen LogP contribution in [0, 0.1) is 17.2 Å². The average Bonchev–Trinajstić information content (AvgIpc) is 2.66. The first-order valence-electron chi connectivity index (χ1n) is 9.81. The van der Waals surface area contributed by atoms with E-state index in [9.17, 15) is 5.26 Å². The number of fused-ring (bicyclic) bond motifs is 1. The minimum Gasteiger partial charge on any atom is -0.369 e. The van der Waals surface area contributed by atoms with Crippen LogP contribution in [-0.4, -0.2) is 60.6 Å². The fourth-order valence-electron chi connectivity index (χ4n) is 3.92. The number of aryl methyl sites for hydroxylation is 2. The first kappa shape index (κ1) is 18.2. The van der Waals surface area contributed by atoms with E-state index >= 15 is 0 Å². The Morgan fingerprint density at radius 3 is 2.64 bits per heavy atom. The molecule has 2 heterocycles. The van der Waals surface area contributed by atoms with Gasteiger partial charge in [-0.2, -0.15) is 5.26 Å². The lowest BCUT2D eigenvalue weighted by atomic mass is 9.95. The Hall–Kier alpha value is -1.64. The summed E-state index contributed by atoms with van der Waals surface area (Å²) in [4.78, 5) is 9.84. The summed E-state index contributed by atoms with van der Waals surface area (Å²) in [6.07, 6.45) is 4.55. The molecule has 0 saturated carbocycles. The van der Waals surface area contributed by atoms with Gasteiger partial charge < -0.3 is 15.1 Å². The summed E-state index contributed by atoms with van der Waals surface area (Å²) in [6, 6.07) is 4.38. The molecule has 1 aromatic rings. The number of anilines is 1. The van der Waals surface area contributed by atoms with E-state index in [0.717, 1.165) is 38.3 Å². The maximum Gasteiger partial charge on any atom is 0.144 e. The topological polar surface area (TPSA) is 55.2 Å². The minimum atomic E-state index is 0.539. The first-order valence-corrected chi connectivity index (χ1v) is 9.81. The maximum atomic E-state index is 9.45. The molecule has 0 radical (unpaired) electrons. The molecule has 1 N–H and O–H groups in total. The number of nitrogens with one attached hydrogen (secondary N) is 1. The van der Waals surface area contributed by atoms with Crippen molar-refractivity contribution in [3.8, 4) is 6.07 Å². The summed E-state index contributed by atoms with van der Waals surface area (Å²) in [5, 5.41) is 12.9. The van der Waals surface area contributed by atoms with Crippen LogP contribution < -0.4 is 5.32 Å². The van der Waals surface area contributed by atoms with Crippen LogP contribution in [0.2, 0.25) is 0 Å². The van der Waals surface area contributed by atoms with Gasteiger partial charge in [0.05, 0.1) is 5.56 Å². The van der Waals surface area contributed by atoms with Gasteiger partial charge in [-0.1, -0.05) is 13.8 Å². The lowest BCUT2D eigenvalue weighted by Crippen LogP contribution is -2.47. The molecule has 136 valence electrons. The van der Waals surface area contributed by atoms with E-state index in [4.69, 9.17) is 4.98 Å². The maximum absolute atomic E-state index is 9.45. The number of hydrogen-bond acceptors (Lipinski definition) is 5. The smallest absolute Gasteiger partial charge is 0.144 e. The van der Waals surface area contributed by atoms with Crippen molar-refractivity contribution in [2.24, 2.45) is 5.92 Å². The van der Waals surface area contributed by atoms with Gasteiger partial charge in [-0.05, 0) is 49.8 Å². The number of aromatic nitrogens is 1. The molecule has 1 aromatic heterocycles. The van der Waals surface area contributed by atoms with Gasteiger partial charge in [0.25, 0.3) is 0 Å². The summed E-state index contributed by atoms with van der Waals surface area (Å²) in [5.41, 5.74) is 3.16. The monoisotopic (exact) mass is 341 g/mol. The number of nitriles is 1. The summed E-state index contributed by atoms with van der Waals surface area (Å²) in [7, 11) is 0. The fraction of sp³-hybridized carbons (Fsp3) is 0.700. The van der Waals surface area contributed by atoms with E-state index in [1.807, 2.05) is 0 Å². The Kier molecular flexibility index (Phi) is 6.28. The highest BCUT2D eigenvalue weighted by molar-refractivity contribution is 5.54. The van der Waals surface area contributed by atoms with E-state index in [1.54, 1.807) is 0 Å². The number of nitrogens with zero attached hydrogens (tertiary/aromatic N) is 4. The van der Waals surface area contributed by atoms with Crippen molar-refractivity contribution >= 4 is 5.82 Å². The minimum absolute atomic E-state index is 0.539. The molecule has 5 nitrogen and oxygen atoms in total. The van der Waals surface area contributed by atoms with Crippen molar-refractivity contribution in [3.05, 3.63) is 22.9 Å². The molecule has 2 aliphatic rings. The largest absolute Gasteiger partial charge is 0.369 e. The molecule has 0 unspecified atom stereocenters. The van der Waals surface area contributed by atoms with Gasteiger partial charge >= 0.3 is 0 Å². The summed E-state index contributed by atoms with van der Waals surface area (Å²) >= 11 is 0. The summed E-state index contributed by atoms with van der Waals surface area (Å²) < 4.78 is 0. The lowest BCUT2D eigenvalue weighted by molar-refractivity contribution is 0.126. The normalized spacial score (nSPS) is 19.9. The highest BCUT2D eigenvalue weighted by Gasteiger charge is 2.18. The molecule has 1 aliphatic heterocycles. The van der Waals surface area contributed by atoms with E-state index < -0.39 is 0 Å². The molecule has 1 fully saturated rings. The number of rotatable bonds is 6. The predicted molar refractivity (Wildman–Crippen MR) is 102 cm³/mol. The number of likely N-dealkylation sites (N-methyl/N-ethyl adjacent to an activating group) is 1. The standard InChI is InChI=1S/C20H31N5/c1-3-24-8-10-25(11-9-24)15-16(2)14-22-20-18(13-21)12-17-6-4-5-7-19(17)23-20/h12,16H,3-11,14-15H2,1-2H3,(H,22,23)/t16-/m0/s1. The third kappa shape index (κ3) is 4.71. The van der Waals surface area contributed by atoms with Gasteiger partial charge in [-0.15, -0.1) is 0 Å². The van der Waals surface area contributed by atoms with Gasteiger partial charge in [0.2, 0.25) is 0 Å². The number of hydrogen-bond donors (Lipinski definition) is 1. The zero-order chi connectivity index (χ0) is 17.6. The molecular formula is C20H31N5. The Morgan fingerprint density at radius 1 is 1.20 bits per heavy atom. The van der Waals surface area contributed by atoms with Crippen molar-refractivity contribution in [1.82, 2.24) is 14.8 Å².